The highest BCUT2D eigenvalue weighted by molar-refractivity contribution is 5.80. The predicted molar refractivity (Wildman–Crippen MR) is 56.2 cm³/mol. The number of hydrogen-bond donors (Lipinski definition) is 1. The maximum atomic E-state index is 11.8. The van der Waals surface area contributed by atoms with Crippen molar-refractivity contribution in [1.82, 2.24) is 14.9 Å². The zero-order valence-corrected chi connectivity index (χ0v) is 9.28. The van der Waals surface area contributed by atoms with Crippen LogP contribution >= 0.6 is 0 Å². The summed E-state index contributed by atoms with van der Waals surface area (Å²) in [7, 11) is 0. The van der Waals surface area contributed by atoms with E-state index in [0.717, 1.165) is 0 Å². The zero-order valence-electron chi connectivity index (χ0n) is 9.28. The summed E-state index contributed by atoms with van der Waals surface area (Å²) >= 11 is 0. The minimum Gasteiger partial charge on any atom is -0.310 e. The molecule has 0 aromatic carbocycles. The fourth-order valence-electron chi connectivity index (χ4n) is 1.22. The van der Waals surface area contributed by atoms with Gasteiger partial charge in [-0.1, -0.05) is 0 Å². The van der Waals surface area contributed by atoms with Crippen LogP contribution in [0.15, 0.2) is 17.6 Å². The standard InChI is InChI=1S/C9H11F3N4O2/c10-9(11,12)1-2-13-5-7(17)6-16-4-3-14-8(16)15-18/h3-4,13H,1-2,5-6H2. The van der Waals surface area contributed by atoms with Crippen molar-refractivity contribution >= 4 is 11.7 Å². The molecule has 0 fully saturated rings. The van der Waals surface area contributed by atoms with Crippen LogP contribution in [0, 0.1) is 4.91 Å². The first-order valence-electron chi connectivity index (χ1n) is 5.06. The summed E-state index contributed by atoms with van der Waals surface area (Å²) in [6, 6.07) is 0. The first-order chi connectivity index (χ1) is 8.42. The van der Waals surface area contributed by atoms with Crippen LogP contribution in [0.5, 0.6) is 0 Å². The Morgan fingerprint density at radius 3 is 2.83 bits per heavy atom. The van der Waals surface area contributed by atoms with Crippen molar-refractivity contribution < 1.29 is 18.0 Å². The lowest BCUT2D eigenvalue weighted by Gasteiger charge is -2.07. The number of nitroso groups, excluding NO2 is 1. The van der Waals surface area contributed by atoms with Gasteiger partial charge < -0.3 is 9.88 Å². The summed E-state index contributed by atoms with van der Waals surface area (Å²) < 4.78 is 36.6. The average molecular weight is 264 g/mol. The molecule has 1 rings (SSSR count). The molecule has 1 heterocycles. The van der Waals surface area contributed by atoms with Crippen molar-refractivity contribution in [3.63, 3.8) is 0 Å². The molecule has 18 heavy (non-hydrogen) atoms. The average Bonchev–Trinajstić information content (AvgIpc) is 2.70. The minimum atomic E-state index is -4.24. The van der Waals surface area contributed by atoms with Crippen LogP contribution in [0.3, 0.4) is 0 Å². The van der Waals surface area contributed by atoms with Crippen LogP contribution in [0.1, 0.15) is 6.42 Å². The molecule has 0 aliphatic rings. The highest BCUT2D eigenvalue weighted by Crippen LogP contribution is 2.18. The predicted octanol–water partition coefficient (Wildman–Crippen LogP) is 1.39. The lowest BCUT2D eigenvalue weighted by molar-refractivity contribution is -0.134. The van der Waals surface area contributed by atoms with Gasteiger partial charge in [0.05, 0.1) is 19.5 Å². The zero-order chi connectivity index (χ0) is 13.6. The number of alkyl halides is 3. The third-order valence-electron chi connectivity index (χ3n) is 2.03. The second kappa shape index (κ2) is 6.24. The molecule has 100 valence electrons. The SMILES string of the molecule is O=Nc1nccn1CC(=O)CNCCC(F)(F)F. The summed E-state index contributed by atoms with van der Waals surface area (Å²) in [5.74, 6) is -0.501. The summed E-state index contributed by atoms with van der Waals surface area (Å²) in [6.45, 7) is -0.676. The smallest absolute Gasteiger partial charge is 0.310 e. The lowest BCUT2D eigenvalue weighted by atomic mass is 10.3. The number of nitrogens with zero attached hydrogens (tertiary/aromatic N) is 3. The van der Waals surface area contributed by atoms with Crippen molar-refractivity contribution in [3.05, 3.63) is 17.3 Å². The van der Waals surface area contributed by atoms with Crippen LogP contribution in [-0.4, -0.2) is 34.6 Å². The fraction of sp³-hybridized carbons (Fsp3) is 0.556. The Labute approximate surface area is 100 Å². The molecule has 0 unspecified atom stereocenters. The first kappa shape index (κ1) is 14.3. The minimum absolute atomic E-state index is 0.140. The number of carbonyl (C=O) groups excluding carboxylic acids is 1. The van der Waals surface area contributed by atoms with Crippen molar-refractivity contribution in [1.29, 1.82) is 0 Å². The van der Waals surface area contributed by atoms with Crippen LogP contribution in [-0.2, 0) is 11.3 Å². The largest absolute Gasteiger partial charge is 0.390 e. The number of hydrogen-bond acceptors (Lipinski definition) is 5. The van der Waals surface area contributed by atoms with E-state index in [9.17, 15) is 22.9 Å². The van der Waals surface area contributed by atoms with Gasteiger partial charge >= 0.3 is 6.18 Å². The number of nitrogens with one attached hydrogen (secondary N) is 1. The third kappa shape index (κ3) is 5.04. The van der Waals surface area contributed by atoms with E-state index in [1.807, 2.05) is 0 Å². The van der Waals surface area contributed by atoms with E-state index in [1.54, 1.807) is 0 Å². The van der Waals surface area contributed by atoms with Gasteiger partial charge in [-0.05, 0) is 0 Å². The van der Waals surface area contributed by atoms with E-state index in [-0.39, 0.29) is 31.4 Å². The normalized spacial score (nSPS) is 11.5. The number of imidazole rings is 1. The molecule has 0 saturated heterocycles. The van der Waals surface area contributed by atoms with Crippen LogP contribution < -0.4 is 5.32 Å². The highest BCUT2D eigenvalue weighted by atomic mass is 19.4. The van der Waals surface area contributed by atoms with Gasteiger partial charge in [0.15, 0.2) is 5.78 Å². The summed E-state index contributed by atoms with van der Waals surface area (Å²) in [6.07, 6.45) is -2.53. The Morgan fingerprint density at radius 1 is 1.50 bits per heavy atom. The molecule has 0 saturated carbocycles. The first-order valence-corrected chi connectivity index (χ1v) is 5.06. The van der Waals surface area contributed by atoms with Gasteiger partial charge in [-0.3, -0.25) is 4.79 Å². The molecule has 0 amide bonds. The number of Topliss-reactive ketones (excluding diaryl/α,β-unsaturated/α-hetero) is 1. The highest BCUT2D eigenvalue weighted by Gasteiger charge is 2.26. The van der Waals surface area contributed by atoms with Crippen molar-refractivity contribution in [2.75, 3.05) is 13.1 Å². The fourth-order valence-corrected chi connectivity index (χ4v) is 1.22. The maximum absolute atomic E-state index is 11.8. The van der Waals surface area contributed by atoms with Crippen LogP contribution in [0.2, 0.25) is 0 Å². The van der Waals surface area contributed by atoms with E-state index in [0.29, 0.717) is 0 Å². The van der Waals surface area contributed by atoms with Crippen LogP contribution in [0.25, 0.3) is 0 Å². The van der Waals surface area contributed by atoms with Crippen molar-refractivity contribution in [2.24, 2.45) is 5.18 Å². The molecule has 1 aromatic heterocycles. The maximum Gasteiger partial charge on any atom is 0.390 e. The monoisotopic (exact) mass is 264 g/mol. The van der Waals surface area contributed by atoms with Crippen molar-refractivity contribution in [3.8, 4) is 0 Å². The van der Waals surface area contributed by atoms with Gasteiger partial charge in [0.2, 0.25) is 0 Å². The Bertz CT molecular complexity index is 416. The molecular formula is C9H11F3N4O2. The van der Waals surface area contributed by atoms with E-state index < -0.39 is 12.6 Å². The molecule has 0 aliphatic carbocycles. The molecule has 0 radical (unpaired) electrons. The van der Waals surface area contributed by atoms with Crippen molar-refractivity contribution in [2.45, 2.75) is 19.1 Å². The summed E-state index contributed by atoms with van der Waals surface area (Å²) in [5, 5.41) is 4.97. The number of halogens is 3. The molecule has 9 heteroatoms. The molecule has 6 nitrogen and oxygen atoms in total. The van der Waals surface area contributed by atoms with E-state index in [2.05, 4.69) is 15.5 Å². The molecule has 0 spiro atoms. The van der Waals surface area contributed by atoms with E-state index in [1.165, 1.54) is 17.0 Å². The topological polar surface area (TPSA) is 76.3 Å². The van der Waals surface area contributed by atoms with Gasteiger partial charge in [0, 0.05) is 24.1 Å². The number of carbonyl (C=O) groups is 1. The molecule has 0 atom stereocenters. The van der Waals surface area contributed by atoms with Gasteiger partial charge in [0.1, 0.15) is 0 Å². The van der Waals surface area contributed by atoms with Gasteiger partial charge in [0.25, 0.3) is 5.95 Å². The molecule has 0 bridgehead atoms. The summed E-state index contributed by atoms with van der Waals surface area (Å²) in [4.78, 5) is 25.2. The molecule has 1 aromatic rings. The Hall–Kier alpha value is -1.77. The number of ketones is 1. The van der Waals surface area contributed by atoms with Gasteiger partial charge in [-0.15, -0.1) is 4.91 Å². The quantitative estimate of drug-likeness (QED) is 0.596. The second-order valence-corrected chi connectivity index (χ2v) is 3.53. The molecule has 0 aliphatic heterocycles. The number of aromatic nitrogens is 2. The van der Waals surface area contributed by atoms with E-state index >= 15 is 0 Å². The lowest BCUT2D eigenvalue weighted by Crippen LogP contribution is -2.29. The Morgan fingerprint density at radius 2 is 2.22 bits per heavy atom. The molecule has 1 N–H and O–H groups in total. The Kier molecular flexibility index (Phi) is 4.95. The van der Waals surface area contributed by atoms with E-state index in [4.69, 9.17) is 0 Å². The third-order valence-corrected chi connectivity index (χ3v) is 2.03. The van der Waals surface area contributed by atoms with Gasteiger partial charge in [-0.25, -0.2) is 4.98 Å². The summed E-state index contributed by atoms with van der Waals surface area (Å²) in [5.41, 5.74) is 0. The second-order valence-electron chi connectivity index (χ2n) is 3.53. The molecular weight excluding hydrogens is 253 g/mol. The Balaban J connectivity index is 2.28. The number of rotatable bonds is 7. The van der Waals surface area contributed by atoms with Gasteiger partial charge in [-0.2, -0.15) is 13.2 Å². The van der Waals surface area contributed by atoms with Crippen LogP contribution in [0.4, 0.5) is 19.1 Å².